The lowest BCUT2D eigenvalue weighted by Gasteiger charge is -2.27. The van der Waals surface area contributed by atoms with Crippen LogP contribution in [0.4, 0.5) is 17.3 Å². The zero-order chi connectivity index (χ0) is 20.0. The Labute approximate surface area is 162 Å². The van der Waals surface area contributed by atoms with Gasteiger partial charge in [-0.15, -0.1) is 0 Å². The van der Waals surface area contributed by atoms with Gasteiger partial charge in [-0.2, -0.15) is 9.78 Å². The van der Waals surface area contributed by atoms with Crippen molar-refractivity contribution in [2.75, 3.05) is 5.32 Å². The first-order valence-electron chi connectivity index (χ1n) is 8.60. The van der Waals surface area contributed by atoms with E-state index in [0.29, 0.717) is 22.8 Å². The monoisotopic (exact) mass is 388 g/mol. The van der Waals surface area contributed by atoms with E-state index in [4.69, 9.17) is 0 Å². The van der Waals surface area contributed by atoms with Gasteiger partial charge in [0.25, 0.3) is 11.2 Å². The molecular weight excluding hydrogens is 376 g/mol. The number of nitro benzene ring substituents is 1. The summed E-state index contributed by atoms with van der Waals surface area (Å²) in [5.41, 5.74) is 2.35. The molecule has 0 saturated heterocycles. The van der Waals surface area contributed by atoms with Gasteiger partial charge in [-0.3, -0.25) is 14.9 Å². The highest BCUT2D eigenvalue weighted by molar-refractivity contribution is 5.75. The van der Waals surface area contributed by atoms with E-state index < -0.39 is 16.5 Å². The highest BCUT2D eigenvalue weighted by Gasteiger charge is 2.34. The van der Waals surface area contributed by atoms with Crippen LogP contribution >= 0.6 is 0 Å². The van der Waals surface area contributed by atoms with Crippen molar-refractivity contribution in [3.05, 3.63) is 86.2 Å². The molecule has 0 radical (unpaired) electrons. The van der Waals surface area contributed by atoms with Crippen LogP contribution in [-0.4, -0.2) is 35.3 Å². The summed E-state index contributed by atoms with van der Waals surface area (Å²) in [7, 11) is 0. The molecule has 0 bridgehead atoms. The molecule has 1 atom stereocenters. The standard InChI is InChI=1S/C18H12N8O3/c27-17-15-13(14(20-21-17)10-6-8-12(9-7-10)26(28)29)16(11-4-2-1-3-5-11)25-18(19-15)22-23-24-25/h1-9,16H,(H,21,27)(H,19,22,24). The van der Waals surface area contributed by atoms with Gasteiger partial charge in [0, 0.05) is 23.3 Å². The van der Waals surface area contributed by atoms with E-state index in [2.05, 4.69) is 31.0 Å². The quantitative estimate of drug-likeness (QED) is 0.353. The lowest BCUT2D eigenvalue weighted by molar-refractivity contribution is -0.384. The summed E-state index contributed by atoms with van der Waals surface area (Å²) in [6, 6.07) is 14.9. The molecule has 0 saturated carbocycles. The van der Waals surface area contributed by atoms with Gasteiger partial charge in [0.1, 0.15) is 11.7 Å². The summed E-state index contributed by atoms with van der Waals surface area (Å²) in [4.78, 5) is 23.1. The molecule has 2 aromatic heterocycles. The van der Waals surface area contributed by atoms with E-state index in [0.717, 1.165) is 5.56 Å². The Bertz CT molecular complexity index is 1280. The topological polar surface area (TPSA) is 145 Å². The van der Waals surface area contributed by atoms with Gasteiger partial charge in [-0.1, -0.05) is 35.4 Å². The van der Waals surface area contributed by atoms with Crippen molar-refractivity contribution in [2.24, 2.45) is 0 Å². The molecule has 2 N–H and O–H groups in total. The molecule has 3 heterocycles. The highest BCUT2D eigenvalue weighted by atomic mass is 16.6. The third-order valence-corrected chi connectivity index (χ3v) is 4.74. The number of rotatable bonds is 3. The Kier molecular flexibility index (Phi) is 3.66. The molecule has 2 aromatic carbocycles. The number of nitro groups is 1. The number of hydrogen-bond donors (Lipinski definition) is 2. The second-order valence-electron chi connectivity index (χ2n) is 6.38. The van der Waals surface area contributed by atoms with Crippen molar-refractivity contribution in [1.82, 2.24) is 30.4 Å². The number of aromatic nitrogens is 6. The average molecular weight is 388 g/mol. The number of tetrazole rings is 1. The first-order valence-corrected chi connectivity index (χ1v) is 8.60. The van der Waals surface area contributed by atoms with Crippen LogP contribution in [0.25, 0.3) is 11.3 Å². The third kappa shape index (κ3) is 2.64. The predicted octanol–water partition coefficient (Wildman–Crippen LogP) is 2.03. The van der Waals surface area contributed by atoms with Crippen molar-refractivity contribution in [1.29, 1.82) is 0 Å². The first kappa shape index (κ1) is 16.7. The fourth-order valence-electron chi connectivity index (χ4n) is 3.44. The molecule has 11 nitrogen and oxygen atoms in total. The number of H-pyrrole nitrogens is 1. The number of nitrogens with one attached hydrogen (secondary N) is 2. The third-order valence-electron chi connectivity index (χ3n) is 4.74. The summed E-state index contributed by atoms with van der Waals surface area (Å²) >= 11 is 0. The minimum absolute atomic E-state index is 0.0347. The maximum atomic E-state index is 12.6. The van der Waals surface area contributed by atoms with E-state index in [1.807, 2.05) is 30.3 Å². The molecule has 0 spiro atoms. The lowest BCUT2D eigenvalue weighted by Crippen LogP contribution is -2.29. The van der Waals surface area contributed by atoms with E-state index in [9.17, 15) is 14.9 Å². The molecule has 0 amide bonds. The van der Waals surface area contributed by atoms with Gasteiger partial charge >= 0.3 is 0 Å². The molecule has 29 heavy (non-hydrogen) atoms. The van der Waals surface area contributed by atoms with Gasteiger partial charge in [0.2, 0.25) is 5.95 Å². The molecule has 4 aromatic rings. The van der Waals surface area contributed by atoms with Crippen LogP contribution < -0.4 is 10.9 Å². The van der Waals surface area contributed by atoms with Crippen molar-refractivity contribution < 1.29 is 4.92 Å². The molecule has 1 aliphatic rings. The fraction of sp³-hybridized carbons (Fsp3) is 0.0556. The number of fused-ring (bicyclic) bond motifs is 2. The van der Waals surface area contributed by atoms with Gasteiger partial charge in [-0.05, 0) is 28.1 Å². The maximum absolute atomic E-state index is 12.6. The average Bonchev–Trinajstić information content (AvgIpc) is 3.22. The zero-order valence-corrected chi connectivity index (χ0v) is 14.7. The van der Waals surface area contributed by atoms with Gasteiger partial charge in [-0.25, -0.2) is 5.10 Å². The number of aromatic amines is 1. The molecule has 0 fully saturated rings. The molecule has 11 heteroatoms. The van der Waals surface area contributed by atoms with Crippen LogP contribution in [0.5, 0.6) is 0 Å². The zero-order valence-electron chi connectivity index (χ0n) is 14.7. The van der Waals surface area contributed by atoms with E-state index in [1.54, 1.807) is 16.8 Å². The van der Waals surface area contributed by atoms with Crippen LogP contribution in [0.1, 0.15) is 17.2 Å². The van der Waals surface area contributed by atoms with Gasteiger partial charge in [0.15, 0.2) is 0 Å². The number of benzene rings is 2. The second-order valence-corrected chi connectivity index (χ2v) is 6.38. The Morgan fingerprint density at radius 3 is 2.55 bits per heavy atom. The summed E-state index contributed by atoms with van der Waals surface area (Å²) in [6.45, 7) is 0. The smallest absolute Gasteiger partial charge is 0.288 e. The van der Waals surface area contributed by atoms with Crippen LogP contribution in [0.3, 0.4) is 0 Å². The Balaban J connectivity index is 1.77. The minimum Gasteiger partial charge on any atom is -0.318 e. The maximum Gasteiger partial charge on any atom is 0.288 e. The largest absolute Gasteiger partial charge is 0.318 e. The van der Waals surface area contributed by atoms with E-state index in [-0.39, 0.29) is 11.4 Å². The molecular formula is C18H12N8O3. The molecule has 5 rings (SSSR count). The van der Waals surface area contributed by atoms with Crippen LogP contribution in [0, 0.1) is 10.1 Å². The molecule has 1 aliphatic heterocycles. The van der Waals surface area contributed by atoms with E-state index in [1.165, 1.54) is 12.1 Å². The number of nitrogens with zero attached hydrogens (tertiary/aromatic N) is 6. The number of anilines is 2. The van der Waals surface area contributed by atoms with Gasteiger partial charge in [0.05, 0.1) is 10.6 Å². The second kappa shape index (κ2) is 6.34. The summed E-state index contributed by atoms with van der Waals surface area (Å²) in [5.74, 6) is 0.331. The first-order chi connectivity index (χ1) is 14.1. The Hall–Kier alpha value is -4.41. The van der Waals surface area contributed by atoms with Crippen molar-refractivity contribution in [2.45, 2.75) is 6.04 Å². The fourth-order valence-corrected chi connectivity index (χ4v) is 3.44. The van der Waals surface area contributed by atoms with Crippen LogP contribution in [0.15, 0.2) is 59.4 Å². The number of hydrogen-bond acceptors (Lipinski definition) is 8. The molecule has 1 unspecified atom stereocenters. The van der Waals surface area contributed by atoms with Gasteiger partial charge < -0.3 is 5.32 Å². The Morgan fingerprint density at radius 1 is 1.07 bits per heavy atom. The normalized spacial score (nSPS) is 14.6. The summed E-state index contributed by atoms with van der Waals surface area (Å²) in [6.07, 6.45) is 0. The summed E-state index contributed by atoms with van der Waals surface area (Å²) < 4.78 is 1.58. The SMILES string of the molecule is O=c1[nH]nc(-c2ccc([N+](=O)[O-])cc2)c2c1Nc1nnnn1C2c1ccccc1. The van der Waals surface area contributed by atoms with Crippen LogP contribution in [0.2, 0.25) is 0 Å². The molecule has 142 valence electrons. The Morgan fingerprint density at radius 2 is 1.83 bits per heavy atom. The minimum atomic E-state index is -0.502. The van der Waals surface area contributed by atoms with Crippen molar-refractivity contribution in [3.63, 3.8) is 0 Å². The summed E-state index contributed by atoms with van der Waals surface area (Å²) in [5, 5.41) is 32.4. The van der Waals surface area contributed by atoms with E-state index >= 15 is 0 Å². The lowest BCUT2D eigenvalue weighted by atomic mass is 9.92. The predicted molar refractivity (Wildman–Crippen MR) is 102 cm³/mol. The molecule has 0 aliphatic carbocycles. The van der Waals surface area contributed by atoms with Crippen molar-refractivity contribution in [3.8, 4) is 11.3 Å². The van der Waals surface area contributed by atoms with Crippen molar-refractivity contribution >= 4 is 17.3 Å². The van der Waals surface area contributed by atoms with Crippen LogP contribution in [-0.2, 0) is 0 Å². The number of non-ortho nitro benzene ring substituents is 1. The highest BCUT2D eigenvalue weighted by Crippen LogP contribution is 2.41.